The predicted octanol–water partition coefficient (Wildman–Crippen LogP) is 7.42. The SMILES string of the molecule is C[C@@H](COCc1ccccc1)[C@H]1CCC[C@]12CCCC(CCO[Si](C)(C)C(C)(C)C)=N2. The van der Waals surface area contributed by atoms with Gasteiger partial charge in [0.1, 0.15) is 0 Å². The quantitative estimate of drug-likeness (QED) is 0.372. The number of aliphatic imine (C=N–C) groups is 1. The van der Waals surface area contributed by atoms with E-state index in [4.69, 9.17) is 14.2 Å². The van der Waals surface area contributed by atoms with Crippen LogP contribution in [0.25, 0.3) is 0 Å². The summed E-state index contributed by atoms with van der Waals surface area (Å²) in [5.41, 5.74) is 2.84. The highest BCUT2D eigenvalue weighted by Gasteiger charge is 2.46. The molecule has 2 aliphatic rings. The van der Waals surface area contributed by atoms with Crippen molar-refractivity contribution in [1.82, 2.24) is 0 Å². The fourth-order valence-electron chi connectivity index (χ4n) is 5.25. The largest absolute Gasteiger partial charge is 0.416 e. The van der Waals surface area contributed by atoms with Gasteiger partial charge in [-0.2, -0.15) is 0 Å². The van der Waals surface area contributed by atoms with Gasteiger partial charge in [-0.15, -0.1) is 0 Å². The zero-order valence-electron chi connectivity index (χ0n) is 20.9. The van der Waals surface area contributed by atoms with Crippen molar-refractivity contribution < 1.29 is 9.16 Å². The molecule has 0 radical (unpaired) electrons. The molecule has 0 N–H and O–H groups in total. The van der Waals surface area contributed by atoms with Gasteiger partial charge < -0.3 is 9.16 Å². The van der Waals surface area contributed by atoms with Gasteiger partial charge in [-0.25, -0.2) is 0 Å². The van der Waals surface area contributed by atoms with Gasteiger partial charge in [-0.1, -0.05) is 64.4 Å². The third-order valence-corrected chi connectivity index (χ3v) is 12.6. The van der Waals surface area contributed by atoms with Crippen molar-refractivity contribution in [2.75, 3.05) is 13.2 Å². The second-order valence-corrected chi connectivity index (χ2v) is 16.3. The van der Waals surface area contributed by atoms with E-state index in [0.717, 1.165) is 26.1 Å². The summed E-state index contributed by atoms with van der Waals surface area (Å²) in [6, 6.07) is 10.5. The molecule has 1 aliphatic heterocycles. The smallest absolute Gasteiger partial charge is 0.191 e. The van der Waals surface area contributed by atoms with Crippen LogP contribution in [0.2, 0.25) is 18.1 Å². The molecule has 174 valence electrons. The molecular formula is C27H45NO2Si. The molecule has 1 aromatic rings. The number of hydrogen-bond acceptors (Lipinski definition) is 3. The van der Waals surface area contributed by atoms with Crippen LogP contribution in [0.15, 0.2) is 35.3 Å². The maximum absolute atomic E-state index is 6.46. The highest BCUT2D eigenvalue weighted by molar-refractivity contribution is 6.74. The zero-order chi connectivity index (χ0) is 22.5. The van der Waals surface area contributed by atoms with E-state index in [-0.39, 0.29) is 10.6 Å². The Morgan fingerprint density at radius 2 is 1.84 bits per heavy atom. The average molecular weight is 444 g/mol. The second kappa shape index (κ2) is 10.3. The summed E-state index contributed by atoms with van der Waals surface area (Å²) in [6.45, 7) is 16.4. The lowest BCUT2D eigenvalue weighted by Crippen LogP contribution is -2.42. The minimum Gasteiger partial charge on any atom is -0.416 e. The summed E-state index contributed by atoms with van der Waals surface area (Å²) in [4.78, 5) is 5.46. The van der Waals surface area contributed by atoms with Gasteiger partial charge in [-0.05, 0) is 67.6 Å². The van der Waals surface area contributed by atoms with Crippen molar-refractivity contribution in [2.45, 2.75) is 103 Å². The van der Waals surface area contributed by atoms with E-state index in [0.29, 0.717) is 18.4 Å². The van der Waals surface area contributed by atoms with Crippen molar-refractivity contribution in [2.24, 2.45) is 16.8 Å². The lowest BCUT2D eigenvalue weighted by atomic mass is 9.74. The molecule has 3 atom stereocenters. The monoisotopic (exact) mass is 443 g/mol. The summed E-state index contributed by atoms with van der Waals surface area (Å²) in [5, 5.41) is 0.272. The Bertz CT molecular complexity index is 725. The Morgan fingerprint density at radius 3 is 2.55 bits per heavy atom. The summed E-state index contributed by atoms with van der Waals surface area (Å²) in [5.74, 6) is 1.21. The first kappa shape index (κ1) is 24.7. The lowest BCUT2D eigenvalue weighted by molar-refractivity contribution is 0.0569. The average Bonchev–Trinajstić information content (AvgIpc) is 3.10. The van der Waals surface area contributed by atoms with E-state index in [2.05, 4.69) is 71.1 Å². The van der Waals surface area contributed by atoms with Crippen molar-refractivity contribution in [3.8, 4) is 0 Å². The summed E-state index contributed by atoms with van der Waals surface area (Å²) in [6.07, 6.45) is 8.58. The molecule has 1 aromatic carbocycles. The molecule has 0 saturated heterocycles. The molecular weight excluding hydrogens is 398 g/mol. The molecule has 3 nitrogen and oxygen atoms in total. The maximum Gasteiger partial charge on any atom is 0.191 e. The van der Waals surface area contributed by atoms with Crippen LogP contribution in [0, 0.1) is 11.8 Å². The number of ether oxygens (including phenoxy) is 1. The van der Waals surface area contributed by atoms with Gasteiger partial charge in [-0.3, -0.25) is 4.99 Å². The van der Waals surface area contributed by atoms with Gasteiger partial charge in [0, 0.05) is 25.3 Å². The van der Waals surface area contributed by atoms with Gasteiger partial charge >= 0.3 is 0 Å². The standard InChI is InChI=1S/C27H45NO2Si/c1-22(20-29-21-23-12-8-7-9-13-23)25-15-11-18-27(25)17-10-14-24(28-27)16-19-30-31(5,6)26(2,3)4/h7-9,12-13,22,25H,10-11,14-21H2,1-6H3/t22-,25+,27+/m0/s1. The Labute approximate surface area is 192 Å². The Balaban J connectivity index is 1.56. The van der Waals surface area contributed by atoms with E-state index >= 15 is 0 Å². The summed E-state index contributed by atoms with van der Waals surface area (Å²) < 4.78 is 12.6. The molecule has 31 heavy (non-hydrogen) atoms. The van der Waals surface area contributed by atoms with Crippen molar-refractivity contribution in [3.05, 3.63) is 35.9 Å². The molecule has 1 aliphatic carbocycles. The highest BCUT2D eigenvalue weighted by atomic mass is 28.4. The van der Waals surface area contributed by atoms with Crippen LogP contribution in [-0.2, 0) is 15.8 Å². The minimum atomic E-state index is -1.68. The van der Waals surface area contributed by atoms with Crippen LogP contribution in [0.5, 0.6) is 0 Å². The van der Waals surface area contributed by atoms with Crippen molar-refractivity contribution in [1.29, 1.82) is 0 Å². The predicted molar refractivity (Wildman–Crippen MR) is 134 cm³/mol. The molecule has 1 saturated carbocycles. The van der Waals surface area contributed by atoms with Crippen LogP contribution in [0.1, 0.15) is 78.2 Å². The molecule has 1 fully saturated rings. The molecule has 1 spiro atoms. The third kappa shape index (κ3) is 6.30. The fraction of sp³-hybridized carbons (Fsp3) is 0.741. The molecule has 4 heteroatoms. The maximum atomic E-state index is 6.46. The molecule has 0 unspecified atom stereocenters. The van der Waals surface area contributed by atoms with Crippen LogP contribution >= 0.6 is 0 Å². The van der Waals surface area contributed by atoms with Crippen LogP contribution in [-0.4, -0.2) is 32.8 Å². The number of hydrogen-bond donors (Lipinski definition) is 0. The van der Waals surface area contributed by atoms with Crippen molar-refractivity contribution in [3.63, 3.8) is 0 Å². The summed E-state index contributed by atoms with van der Waals surface area (Å²) in [7, 11) is -1.68. The third-order valence-electron chi connectivity index (χ3n) is 8.11. The Morgan fingerprint density at radius 1 is 1.13 bits per heavy atom. The normalized spacial score (nSPS) is 25.6. The van der Waals surface area contributed by atoms with Crippen LogP contribution in [0.3, 0.4) is 0 Å². The first-order valence-electron chi connectivity index (χ1n) is 12.5. The summed E-state index contributed by atoms with van der Waals surface area (Å²) >= 11 is 0. The van der Waals surface area contributed by atoms with Gasteiger partial charge in [0.2, 0.25) is 0 Å². The molecule has 0 bridgehead atoms. The van der Waals surface area contributed by atoms with Gasteiger partial charge in [0.05, 0.1) is 12.1 Å². The van der Waals surface area contributed by atoms with E-state index in [1.165, 1.54) is 43.4 Å². The van der Waals surface area contributed by atoms with E-state index in [9.17, 15) is 0 Å². The molecule has 0 amide bonds. The van der Waals surface area contributed by atoms with Gasteiger partial charge in [0.15, 0.2) is 8.32 Å². The number of rotatable bonds is 9. The van der Waals surface area contributed by atoms with Gasteiger partial charge in [0.25, 0.3) is 0 Å². The van der Waals surface area contributed by atoms with E-state index in [1.807, 2.05) is 0 Å². The van der Waals surface area contributed by atoms with Crippen LogP contribution < -0.4 is 0 Å². The van der Waals surface area contributed by atoms with E-state index in [1.54, 1.807) is 0 Å². The Hall–Kier alpha value is -0.973. The fourth-order valence-corrected chi connectivity index (χ4v) is 6.29. The first-order chi connectivity index (χ1) is 14.6. The lowest BCUT2D eigenvalue weighted by Gasteiger charge is -2.39. The Kier molecular flexibility index (Phi) is 8.20. The van der Waals surface area contributed by atoms with Crippen molar-refractivity contribution >= 4 is 14.0 Å². The molecule has 0 aromatic heterocycles. The minimum absolute atomic E-state index is 0.167. The topological polar surface area (TPSA) is 30.8 Å². The molecule has 1 heterocycles. The van der Waals surface area contributed by atoms with E-state index < -0.39 is 8.32 Å². The first-order valence-corrected chi connectivity index (χ1v) is 15.4. The number of nitrogens with zero attached hydrogens (tertiary/aromatic N) is 1. The second-order valence-electron chi connectivity index (χ2n) is 11.5. The van der Waals surface area contributed by atoms with Crippen LogP contribution in [0.4, 0.5) is 0 Å². The highest BCUT2D eigenvalue weighted by Crippen LogP contribution is 2.48. The molecule has 3 rings (SSSR count). The zero-order valence-corrected chi connectivity index (χ0v) is 21.9. The number of benzene rings is 1.